The number of methoxy groups -OCH3 is 1. The van der Waals surface area contributed by atoms with Crippen molar-refractivity contribution in [1.29, 1.82) is 0 Å². The molecule has 1 aromatic carbocycles. The van der Waals surface area contributed by atoms with Crippen LogP contribution in [0.4, 0.5) is 0 Å². The highest BCUT2D eigenvalue weighted by molar-refractivity contribution is 6.31. The maximum absolute atomic E-state index is 13.7. The van der Waals surface area contributed by atoms with Crippen LogP contribution >= 0.6 is 11.6 Å². The summed E-state index contributed by atoms with van der Waals surface area (Å²) in [6.45, 7) is 1.51. The Morgan fingerprint density at radius 3 is 2.77 bits per heavy atom. The van der Waals surface area contributed by atoms with Gasteiger partial charge in [0.25, 0.3) is 17.4 Å². The molecule has 2 aromatic heterocycles. The molecular formula is C26H24ClN3O5. The molecule has 2 amide bonds. The Labute approximate surface area is 206 Å². The van der Waals surface area contributed by atoms with E-state index in [0.717, 1.165) is 12.1 Å². The number of nitrogens with zero attached hydrogens (tertiary/aromatic N) is 2. The number of benzene rings is 1. The zero-order chi connectivity index (χ0) is 24.5. The number of furan rings is 1. The average molecular weight is 494 g/mol. The van der Waals surface area contributed by atoms with Gasteiger partial charge in [-0.25, -0.2) is 0 Å². The third-order valence-electron chi connectivity index (χ3n) is 6.48. The van der Waals surface area contributed by atoms with Gasteiger partial charge in [-0.2, -0.15) is 0 Å². The summed E-state index contributed by atoms with van der Waals surface area (Å²) in [6.07, 6.45) is 3.92. The minimum absolute atomic E-state index is 0.0156. The van der Waals surface area contributed by atoms with Crippen LogP contribution in [0.3, 0.4) is 0 Å². The van der Waals surface area contributed by atoms with Crippen LogP contribution in [-0.2, 0) is 11.3 Å². The van der Waals surface area contributed by atoms with Crippen molar-refractivity contribution in [1.82, 2.24) is 14.8 Å². The van der Waals surface area contributed by atoms with Crippen LogP contribution in [0.15, 0.2) is 69.7 Å². The van der Waals surface area contributed by atoms with Crippen molar-refractivity contribution in [3.8, 4) is 5.75 Å². The highest BCUT2D eigenvalue weighted by atomic mass is 35.5. The number of piperidine rings is 1. The minimum atomic E-state index is -0.524. The van der Waals surface area contributed by atoms with E-state index in [2.05, 4.69) is 5.32 Å². The summed E-state index contributed by atoms with van der Waals surface area (Å²) in [5.74, 6) is 0.127. The molecule has 1 fully saturated rings. The van der Waals surface area contributed by atoms with Gasteiger partial charge in [-0.15, -0.1) is 0 Å². The first-order chi connectivity index (χ1) is 16.9. The summed E-state index contributed by atoms with van der Waals surface area (Å²) >= 11 is 6.10. The van der Waals surface area contributed by atoms with Crippen LogP contribution in [-0.4, -0.2) is 41.5 Å². The van der Waals surface area contributed by atoms with Crippen LogP contribution in [0.25, 0.3) is 6.08 Å². The Morgan fingerprint density at radius 2 is 2.00 bits per heavy atom. The zero-order valence-corrected chi connectivity index (χ0v) is 19.8. The van der Waals surface area contributed by atoms with Crippen LogP contribution in [0.2, 0.25) is 5.02 Å². The molecule has 2 aliphatic rings. The Hall–Kier alpha value is -3.78. The lowest BCUT2D eigenvalue weighted by Crippen LogP contribution is -2.50. The molecule has 35 heavy (non-hydrogen) atoms. The van der Waals surface area contributed by atoms with Crippen molar-refractivity contribution in [3.63, 3.8) is 0 Å². The maximum Gasteiger partial charge on any atom is 0.270 e. The Bertz CT molecular complexity index is 1360. The molecule has 2 atom stereocenters. The second-order valence-corrected chi connectivity index (χ2v) is 9.22. The predicted octanol–water partition coefficient (Wildman–Crippen LogP) is 3.52. The smallest absolute Gasteiger partial charge is 0.270 e. The molecule has 2 bridgehead atoms. The first-order valence-electron chi connectivity index (χ1n) is 11.3. The van der Waals surface area contributed by atoms with Gasteiger partial charge >= 0.3 is 0 Å². The molecule has 5 rings (SSSR count). The molecule has 2 aliphatic heterocycles. The summed E-state index contributed by atoms with van der Waals surface area (Å²) < 4.78 is 12.5. The van der Waals surface area contributed by atoms with Crippen molar-refractivity contribution in [2.45, 2.75) is 18.9 Å². The number of carbonyl (C=O) groups is 2. The highest BCUT2D eigenvalue weighted by Crippen LogP contribution is 2.35. The number of rotatable bonds is 5. The molecule has 1 N–H and O–H groups in total. The molecule has 3 aromatic rings. The quantitative estimate of drug-likeness (QED) is 0.549. The number of hydrogen-bond acceptors (Lipinski definition) is 5. The summed E-state index contributed by atoms with van der Waals surface area (Å²) in [5, 5.41) is 3.11. The lowest BCUT2D eigenvalue weighted by Gasteiger charge is -2.42. The van der Waals surface area contributed by atoms with E-state index < -0.39 is 5.91 Å². The van der Waals surface area contributed by atoms with Crippen LogP contribution in [0.5, 0.6) is 5.75 Å². The van der Waals surface area contributed by atoms with Gasteiger partial charge < -0.3 is 23.9 Å². The number of carbonyl (C=O) groups excluding carboxylic acids is 2. The minimum Gasteiger partial charge on any atom is -0.496 e. The molecule has 0 spiro atoms. The maximum atomic E-state index is 13.7. The Morgan fingerprint density at radius 1 is 1.14 bits per heavy atom. The van der Waals surface area contributed by atoms with Crippen LogP contribution in [0.1, 0.15) is 34.2 Å². The fourth-order valence-corrected chi connectivity index (χ4v) is 5.12. The van der Waals surface area contributed by atoms with Gasteiger partial charge in [-0.05, 0) is 48.7 Å². The molecule has 2 unspecified atom stereocenters. The van der Waals surface area contributed by atoms with Crippen molar-refractivity contribution in [2.75, 3.05) is 20.2 Å². The summed E-state index contributed by atoms with van der Waals surface area (Å²) in [4.78, 5) is 40.9. The van der Waals surface area contributed by atoms with Gasteiger partial charge in [0.2, 0.25) is 0 Å². The molecule has 0 radical (unpaired) electrons. The molecule has 0 aliphatic carbocycles. The molecule has 9 heteroatoms. The van der Waals surface area contributed by atoms with Gasteiger partial charge in [-0.3, -0.25) is 14.4 Å². The number of likely N-dealkylation sites (tertiary alicyclic amines) is 1. The SMILES string of the molecule is COc1ccc(Cl)cc1C(=O)N/C(=C\c1ccco1)C(=O)N1CC2CC(C1)c1cccc(=O)n1C2. The number of hydrogen-bond donors (Lipinski definition) is 1. The molecule has 8 nitrogen and oxygen atoms in total. The summed E-state index contributed by atoms with van der Waals surface area (Å²) in [6, 6.07) is 13.4. The van der Waals surface area contributed by atoms with Crippen molar-refractivity contribution >= 4 is 29.5 Å². The summed E-state index contributed by atoms with van der Waals surface area (Å²) in [5.41, 5.74) is 1.22. The van der Waals surface area contributed by atoms with E-state index in [1.165, 1.54) is 25.5 Å². The highest BCUT2D eigenvalue weighted by Gasteiger charge is 2.37. The van der Waals surface area contributed by atoms with Gasteiger partial charge in [0.05, 0.1) is 18.9 Å². The third kappa shape index (κ3) is 4.61. The number of pyridine rings is 1. The number of fused-ring (bicyclic) bond motifs is 4. The standard InChI is InChI=1S/C26H24ClN3O5/c1-34-23-8-7-18(27)11-20(23)25(32)28-21(12-19-4-3-9-35-19)26(33)29-13-16-10-17(15-29)22-5-2-6-24(31)30(22)14-16/h2-9,11-12,16-17H,10,13-15H2,1H3,(H,28,32)/b21-12-. The molecular weight excluding hydrogens is 470 g/mol. The lowest BCUT2D eigenvalue weighted by molar-refractivity contribution is -0.130. The van der Waals surface area contributed by atoms with E-state index in [9.17, 15) is 14.4 Å². The first kappa shape index (κ1) is 23.0. The van der Waals surface area contributed by atoms with Crippen LogP contribution < -0.4 is 15.6 Å². The first-order valence-corrected chi connectivity index (χ1v) is 11.7. The van der Waals surface area contributed by atoms with Crippen molar-refractivity contribution < 1.29 is 18.7 Å². The lowest BCUT2D eigenvalue weighted by atomic mass is 9.83. The normalized spacial score (nSPS) is 19.1. The third-order valence-corrected chi connectivity index (χ3v) is 6.72. The van der Waals surface area contributed by atoms with Gasteiger partial charge in [0, 0.05) is 48.4 Å². The van der Waals surface area contributed by atoms with Gasteiger partial charge in [0.1, 0.15) is 17.2 Å². The molecule has 4 heterocycles. The Balaban J connectivity index is 1.44. The fourth-order valence-electron chi connectivity index (χ4n) is 4.95. The van der Waals surface area contributed by atoms with E-state index in [1.54, 1.807) is 41.3 Å². The van der Waals surface area contributed by atoms with E-state index in [4.69, 9.17) is 20.8 Å². The monoisotopic (exact) mass is 493 g/mol. The van der Waals surface area contributed by atoms with Gasteiger partial charge in [-0.1, -0.05) is 17.7 Å². The molecule has 1 saturated heterocycles. The van der Waals surface area contributed by atoms with Gasteiger partial charge in [0.15, 0.2) is 0 Å². The Kier molecular flexibility index (Phi) is 6.21. The zero-order valence-electron chi connectivity index (χ0n) is 19.1. The second kappa shape index (κ2) is 9.46. The largest absolute Gasteiger partial charge is 0.496 e. The predicted molar refractivity (Wildman–Crippen MR) is 130 cm³/mol. The van der Waals surface area contributed by atoms with Crippen molar-refractivity contribution in [2.24, 2.45) is 5.92 Å². The van der Waals surface area contributed by atoms with E-state index in [0.29, 0.717) is 36.2 Å². The fraction of sp³-hybridized carbons (Fsp3) is 0.269. The number of halogens is 1. The number of aromatic nitrogens is 1. The average Bonchev–Trinajstić information content (AvgIpc) is 3.37. The van der Waals surface area contributed by atoms with Crippen LogP contribution in [0, 0.1) is 5.92 Å². The van der Waals surface area contributed by atoms with E-state index in [1.807, 2.05) is 10.6 Å². The van der Waals surface area contributed by atoms with E-state index in [-0.39, 0.29) is 34.6 Å². The number of amides is 2. The molecule has 180 valence electrons. The molecule has 0 saturated carbocycles. The number of nitrogens with one attached hydrogen (secondary N) is 1. The van der Waals surface area contributed by atoms with Crippen molar-refractivity contribution in [3.05, 3.63) is 92.9 Å². The summed E-state index contributed by atoms with van der Waals surface area (Å²) in [7, 11) is 1.46. The van der Waals surface area contributed by atoms with E-state index >= 15 is 0 Å². The topological polar surface area (TPSA) is 93.8 Å². The second-order valence-electron chi connectivity index (χ2n) is 8.78. The number of ether oxygens (including phenoxy) is 1.